The summed E-state index contributed by atoms with van der Waals surface area (Å²) in [4.78, 5) is 25.4. The molecule has 1 atom stereocenters. The zero-order valence-electron chi connectivity index (χ0n) is 18.2. The highest BCUT2D eigenvalue weighted by atomic mass is 35.5. The van der Waals surface area contributed by atoms with Crippen LogP contribution in [0.4, 0.5) is 0 Å². The highest BCUT2D eigenvalue weighted by molar-refractivity contribution is 6.30. The van der Waals surface area contributed by atoms with Crippen molar-refractivity contribution in [2.45, 2.75) is 25.8 Å². The normalized spacial score (nSPS) is 12.3. The van der Waals surface area contributed by atoms with Gasteiger partial charge in [0.1, 0.15) is 11.6 Å². The number of aromatic nitrogens is 5. The minimum absolute atomic E-state index is 0.0575. The molecular weight excluding hydrogens is 454 g/mol. The second-order valence-electron chi connectivity index (χ2n) is 7.92. The molecule has 0 unspecified atom stereocenters. The molecule has 34 heavy (non-hydrogen) atoms. The molecule has 9 heteroatoms. The van der Waals surface area contributed by atoms with Crippen LogP contribution in [0.3, 0.4) is 0 Å². The van der Waals surface area contributed by atoms with E-state index in [1.54, 1.807) is 22.7 Å². The maximum Gasteiger partial charge on any atom is 0.327 e. The molecular formula is C25H20ClN5O3. The van der Waals surface area contributed by atoms with Crippen LogP contribution in [0.5, 0.6) is 0 Å². The van der Waals surface area contributed by atoms with Crippen LogP contribution in [0.2, 0.25) is 5.02 Å². The van der Waals surface area contributed by atoms with E-state index in [0.29, 0.717) is 22.6 Å². The first-order valence-corrected chi connectivity index (χ1v) is 11.2. The fourth-order valence-electron chi connectivity index (χ4n) is 4.15. The average molecular weight is 474 g/mol. The number of aliphatic carboxylic acids is 1. The van der Waals surface area contributed by atoms with Crippen molar-refractivity contribution in [3.05, 3.63) is 93.5 Å². The number of fused-ring (bicyclic) bond motifs is 3. The van der Waals surface area contributed by atoms with Crippen molar-refractivity contribution in [3.63, 3.8) is 0 Å². The van der Waals surface area contributed by atoms with Gasteiger partial charge in [0, 0.05) is 17.6 Å². The SMILES string of the molecule is CCc1nn2c(nnc3c(=O)n([C@H](Cc4ccccc4)C(=O)O)ccc32)c1-c1ccc(Cl)cc1. The Bertz CT molecular complexity index is 1580. The summed E-state index contributed by atoms with van der Waals surface area (Å²) in [5, 5.41) is 23.7. The standard InChI is InChI=1S/C25H20ClN5O3/c1-2-18-21(16-8-10-17(26)11-9-16)23-28-27-22-19(31(23)29-18)12-13-30(24(22)32)20(25(33)34)14-15-6-4-3-5-7-15/h3-13,20H,2,14H2,1H3,(H,33,34)/t20-/m1/s1. The first-order valence-electron chi connectivity index (χ1n) is 10.8. The number of benzene rings is 2. The van der Waals surface area contributed by atoms with E-state index in [4.69, 9.17) is 16.7 Å². The number of carboxylic acid groups (broad SMARTS) is 1. The molecule has 0 saturated carbocycles. The first-order chi connectivity index (χ1) is 16.5. The van der Waals surface area contributed by atoms with Gasteiger partial charge in [0.25, 0.3) is 5.56 Å². The number of aryl methyl sites for hydroxylation is 1. The van der Waals surface area contributed by atoms with E-state index in [0.717, 1.165) is 22.4 Å². The Morgan fingerprint density at radius 1 is 1.06 bits per heavy atom. The van der Waals surface area contributed by atoms with Crippen LogP contribution in [0.1, 0.15) is 24.2 Å². The Hall–Kier alpha value is -4.04. The lowest BCUT2D eigenvalue weighted by Crippen LogP contribution is -2.31. The molecule has 170 valence electrons. The molecule has 5 aromatic rings. The summed E-state index contributed by atoms with van der Waals surface area (Å²) in [6.45, 7) is 1.99. The summed E-state index contributed by atoms with van der Waals surface area (Å²) in [5.41, 5.74) is 3.85. The number of hydrogen-bond donors (Lipinski definition) is 1. The van der Waals surface area contributed by atoms with Crippen molar-refractivity contribution >= 4 is 34.3 Å². The van der Waals surface area contributed by atoms with E-state index >= 15 is 0 Å². The second kappa shape index (κ2) is 8.72. The number of halogens is 1. The average Bonchev–Trinajstić information content (AvgIpc) is 3.23. The molecule has 0 aliphatic heterocycles. The van der Waals surface area contributed by atoms with E-state index in [1.165, 1.54) is 10.8 Å². The summed E-state index contributed by atoms with van der Waals surface area (Å²) in [6.07, 6.45) is 2.31. The molecule has 8 nitrogen and oxygen atoms in total. The third-order valence-corrected chi connectivity index (χ3v) is 6.09. The molecule has 0 amide bonds. The van der Waals surface area contributed by atoms with Crippen LogP contribution in [-0.2, 0) is 17.6 Å². The van der Waals surface area contributed by atoms with Gasteiger partial charge in [0.2, 0.25) is 0 Å². The zero-order valence-corrected chi connectivity index (χ0v) is 19.0. The quantitative estimate of drug-likeness (QED) is 0.396. The van der Waals surface area contributed by atoms with Crippen LogP contribution in [-0.4, -0.2) is 35.5 Å². The molecule has 0 fully saturated rings. The summed E-state index contributed by atoms with van der Waals surface area (Å²) in [7, 11) is 0. The lowest BCUT2D eigenvalue weighted by molar-refractivity contribution is -0.141. The highest BCUT2D eigenvalue weighted by Gasteiger charge is 2.24. The molecule has 1 N–H and O–H groups in total. The van der Waals surface area contributed by atoms with Crippen LogP contribution in [0.25, 0.3) is 27.8 Å². The van der Waals surface area contributed by atoms with Crippen LogP contribution in [0, 0.1) is 0 Å². The lowest BCUT2D eigenvalue weighted by atomic mass is 10.0. The van der Waals surface area contributed by atoms with E-state index < -0.39 is 17.6 Å². The van der Waals surface area contributed by atoms with Gasteiger partial charge in [0.05, 0.1) is 11.3 Å². The summed E-state index contributed by atoms with van der Waals surface area (Å²) in [5.74, 6) is -1.10. The molecule has 3 heterocycles. The monoisotopic (exact) mass is 473 g/mol. The Labute approximate surface area is 199 Å². The van der Waals surface area contributed by atoms with Gasteiger partial charge >= 0.3 is 5.97 Å². The van der Waals surface area contributed by atoms with Crippen LogP contribution in [0.15, 0.2) is 71.7 Å². The van der Waals surface area contributed by atoms with Crippen molar-refractivity contribution in [3.8, 4) is 11.1 Å². The van der Waals surface area contributed by atoms with Gasteiger partial charge in [-0.25, -0.2) is 9.31 Å². The van der Waals surface area contributed by atoms with E-state index in [-0.39, 0.29) is 11.9 Å². The molecule has 0 radical (unpaired) electrons. The Morgan fingerprint density at radius 2 is 1.79 bits per heavy atom. The van der Waals surface area contributed by atoms with E-state index in [1.807, 2.05) is 49.4 Å². The van der Waals surface area contributed by atoms with Gasteiger partial charge in [-0.3, -0.25) is 9.36 Å². The molecule has 0 bridgehead atoms. The smallest absolute Gasteiger partial charge is 0.327 e. The van der Waals surface area contributed by atoms with Crippen LogP contribution >= 0.6 is 11.6 Å². The predicted octanol–water partition coefficient (Wildman–Crippen LogP) is 4.19. The summed E-state index contributed by atoms with van der Waals surface area (Å²) < 4.78 is 2.80. The summed E-state index contributed by atoms with van der Waals surface area (Å²) in [6, 6.07) is 17.2. The maximum atomic E-state index is 13.3. The third kappa shape index (κ3) is 3.72. The van der Waals surface area contributed by atoms with Crippen LogP contribution < -0.4 is 5.56 Å². The Morgan fingerprint density at radius 3 is 2.47 bits per heavy atom. The van der Waals surface area contributed by atoms with Gasteiger partial charge in [-0.15, -0.1) is 10.2 Å². The van der Waals surface area contributed by atoms with Crippen molar-refractivity contribution in [1.29, 1.82) is 0 Å². The summed E-state index contributed by atoms with van der Waals surface area (Å²) >= 11 is 6.05. The van der Waals surface area contributed by atoms with Crippen molar-refractivity contribution in [2.24, 2.45) is 0 Å². The van der Waals surface area contributed by atoms with Crippen molar-refractivity contribution in [2.75, 3.05) is 0 Å². The molecule has 0 aliphatic carbocycles. The molecule has 2 aromatic carbocycles. The lowest BCUT2D eigenvalue weighted by Gasteiger charge is -2.16. The molecule has 0 spiro atoms. The highest BCUT2D eigenvalue weighted by Crippen LogP contribution is 2.30. The Balaban J connectivity index is 1.67. The fraction of sp³-hybridized carbons (Fsp3) is 0.160. The number of nitrogens with zero attached hydrogens (tertiary/aromatic N) is 5. The molecule has 3 aromatic heterocycles. The van der Waals surface area contributed by atoms with Crippen molar-refractivity contribution < 1.29 is 9.90 Å². The second-order valence-corrected chi connectivity index (χ2v) is 8.36. The van der Waals surface area contributed by atoms with Gasteiger partial charge in [0.15, 0.2) is 11.2 Å². The predicted molar refractivity (Wildman–Crippen MR) is 129 cm³/mol. The number of carbonyl (C=O) groups is 1. The largest absolute Gasteiger partial charge is 0.480 e. The van der Waals surface area contributed by atoms with Gasteiger partial charge < -0.3 is 5.11 Å². The van der Waals surface area contributed by atoms with E-state index in [2.05, 4.69) is 10.2 Å². The number of carboxylic acids is 1. The number of rotatable bonds is 6. The first kappa shape index (κ1) is 21.8. The zero-order chi connectivity index (χ0) is 23.8. The molecule has 0 saturated heterocycles. The molecule has 0 aliphatic rings. The number of hydrogen-bond acceptors (Lipinski definition) is 5. The van der Waals surface area contributed by atoms with E-state index in [9.17, 15) is 14.7 Å². The minimum Gasteiger partial charge on any atom is -0.480 e. The topological polar surface area (TPSA) is 102 Å². The fourth-order valence-corrected chi connectivity index (χ4v) is 4.28. The van der Waals surface area contributed by atoms with Gasteiger partial charge in [-0.05, 0) is 35.7 Å². The maximum absolute atomic E-state index is 13.3. The third-order valence-electron chi connectivity index (χ3n) is 5.84. The minimum atomic E-state index is -1.10. The molecule has 5 rings (SSSR count). The Kier molecular flexibility index (Phi) is 5.59. The van der Waals surface area contributed by atoms with Gasteiger partial charge in [-0.1, -0.05) is 61.0 Å². The van der Waals surface area contributed by atoms with Crippen molar-refractivity contribution in [1.82, 2.24) is 24.4 Å². The van der Waals surface area contributed by atoms with Gasteiger partial charge in [-0.2, -0.15) is 5.10 Å². The number of pyridine rings is 1.